The van der Waals surface area contributed by atoms with Crippen LogP contribution in [0.15, 0.2) is 8.95 Å². The molecule has 0 saturated carbocycles. The minimum atomic E-state index is -1.43. The van der Waals surface area contributed by atoms with E-state index in [1.165, 1.54) is 70.6 Å². The molecule has 6 heteroatoms. The summed E-state index contributed by atoms with van der Waals surface area (Å²) in [5.74, 6) is -0.0537. The molecule has 0 fully saturated rings. The Kier molecular flexibility index (Phi) is 15.3. The number of rotatable bonds is 17. The Morgan fingerprint density at radius 3 is 1.58 bits per heavy atom. The molecule has 0 unspecified atom stereocenters. The third kappa shape index (κ3) is 10.6. The lowest BCUT2D eigenvalue weighted by molar-refractivity contribution is 0.142. The lowest BCUT2D eigenvalue weighted by atomic mass is 9.95. The molecule has 0 radical (unpaired) electrons. The van der Waals surface area contributed by atoms with Crippen molar-refractivity contribution in [2.75, 3.05) is 0 Å². The van der Waals surface area contributed by atoms with Gasteiger partial charge in [0.15, 0.2) is 11.5 Å². The van der Waals surface area contributed by atoms with Crippen LogP contribution in [0.25, 0.3) is 0 Å². The van der Waals surface area contributed by atoms with Gasteiger partial charge in [-0.15, -0.1) is 0 Å². The molecule has 2 N–H and O–H groups in total. The average Bonchev–Trinajstić information content (AvgIpc) is 2.74. The molecule has 0 heterocycles. The Balaban J connectivity index is 2.83. The van der Waals surface area contributed by atoms with Crippen LogP contribution in [0.1, 0.15) is 115 Å². The summed E-state index contributed by atoms with van der Waals surface area (Å²) in [4.78, 5) is 11.1. The molecular weight excluding hydrogens is 524 g/mol. The molecule has 0 saturated heterocycles. The average molecular weight is 564 g/mol. The first kappa shape index (κ1) is 28.3. The van der Waals surface area contributed by atoms with Gasteiger partial charge in [-0.05, 0) is 63.1 Å². The van der Waals surface area contributed by atoms with E-state index in [-0.39, 0.29) is 11.5 Å². The first-order valence-corrected chi connectivity index (χ1v) is 13.6. The van der Waals surface area contributed by atoms with E-state index in [0.29, 0.717) is 4.47 Å². The Morgan fingerprint density at radius 2 is 1.13 bits per heavy atom. The van der Waals surface area contributed by atoms with Gasteiger partial charge in [-0.3, -0.25) is 0 Å². The molecule has 1 aromatic rings. The predicted octanol–water partition coefficient (Wildman–Crippen LogP) is 9.56. The van der Waals surface area contributed by atoms with Crippen LogP contribution >= 0.6 is 31.9 Å². The second-order valence-electron chi connectivity index (χ2n) is 8.37. The van der Waals surface area contributed by atoms with Crippen LogP contribution in [0.2, 0.25) is 0 Å². The molecule has 1 rings (SSSR count). The van der Waals surface area contributed by atoms with Crippen LogP contribution in [0, 0.1) is 0 Å². The minimum absolute atomic E-state index is 0.0133. The molecule has 0 aromatic heterocycles. The highest BCUT2D eigenvalue weighted by atomic mass is 79.9. The van der Waals surface area contributed by atoms with Crippen molar-refractivity contribution < 1.29 is 19.7 Å². The molecule has 4 nitrogen and oxygen atoms in total. The van der Waals surface area contributed by atoms with E-state index < -0.39 is 6.16 Å². The smallest absolute Gasteiger partial charge is 0.504 e. The van der Waals surface area contributed by atoms with Crippen LogP contribution in [-0.4, -0.2) is 16.4 Å². The van der Waals surface area contributed by atoms with Crippen molar-refractivity contribution in [2.45, 2.75) is 117 Å². The number of phenols is 1. The SMILES string of the molecule is CCCCCCCCCc1c(O)c(OC(=O)O)c(Br)c(Br)c1CCCCCCCCC. The highest BCUT2D eigenvalue weighted by molar-refractivity contribution is 9.13. The van der Waals surface area contributed by atoms with Gasteiger partial charge in [-0.2, -0.15) is 0 Å². The topological polar surface area (TPSA) is 66.8 Å². The maximum Gasteiger partial charge on any atom is 0.511 e. The van der Waals surface area contributed by atoms with Crippen molar-refractivity contribution in [1.29, 1.82) is 0 Å². The highest BCUT2D eigenvalue weighted by Crippen LogP contribution is 2.46. The zero-order chi connectivity index (χ0) is 23.1. The summed E-state index contributed by atoms with van der Waals surface area (Å²) in [5.41, 5.74) is 1.90. The molecular formula is C25H40Br2O4. The summed E-state index contributed by atoms with van der Waals surface area (Å²) in [5, 5.41) is 19.9. The fourth-order valence-electron chi connectivity index (χ4n) is 3.98. The summed E-state index contributed by atoms with van der Waals surface area (Å²) in [6.07, 6.45) is 17.1. The predicted molar refractivity (Wildman–Crippen MR) is 136 cm³/mol. The van der Waals surface area contributed by atoms with E-state index in [0.717, 1.165) is 47.7 Å². The summed E-state index contributed by atoms with van der Waals surface area (Å²) >= 11 is 7.05. The van der Waals surface area contributed by atoms with Crippen LogP contribution in [0.4, 0.5) is 4.79 Å². The second kappa shape index (κ2) is 16.8. The molecule has 0 spiro atoms. The first-order valence-electron chi connectivity index (χ1n) is 12.1. The molecule has 1 aromatic carbocycles. The second-order valence-corrected chi connectivity index (χ2v) is 9.96. The van der Waals surface area contributed by atoms with Gasteiger partial charge in [0.25, 0.3) is 0 Å². The highest BCUT2D eigenvalue weighted by Gasteiger charge is 2.23. The van der Waals surface area contributed by atoms with E-state index in [4.69, 9.17) is 9.84 Å². The van der Waals surface area contributed by atoms with Gasteiger partial charge in [0.05, 0.1) is 4.47 Å². The maximum absolute atomic E-state index is 11.1. The van der Waals surface area contributed by atoms with Gasteiger partial charge in [-0.1, -0.05) is 90.9 Å². The normalized spacial score (nSPS) is 11.1. The first-order chi connectivity index (χ1) is 14.9. The molecule has 0 aliphatic heterocycles. The van der Waals surface area contributed by atoms with Crippen LogP contribution in [0.5, 0.6) is 11.5 Å². The van der Waals surface area contributed by atoms with Crippen molar-refractivity contribution in [1.82, 2.24) is 0 Å². The van der Waals surface area contributed by atoms with Crippen molar-refractivity contribution >= 4 is 38.0 Å². The van der Waals surface area contributed by atoms with E-state index in [1.54, 1.807) is 0 Å². The van der Waals surface area contributed by atoms with Crippen LogP contribution < -0.4 is 4.74 Å². The van der Waals surface area contributed by atoms with Gasteiger partial charge < -0.3 is 14.9 Å². The molecule has 0 aliphatic carbocycles. The molecule has 178 valence electrons. The molecule has 0 atom stereocenters. The number of halogens is 2. The zero-order valence-corrected chi connectivity index (χ0v) is 22.5. The standard InChI is InChI=1S/C25H40Br2O4/c1-3-5-7-9-11-13-15-17-19-20(18-16-14-12-10-8-6-4-2)23(28)24(31-25(29)30)22(27)21(19)26/h28H,3-18H2,1-2H3,(H,29,30). The van der Waals surface area contributed by atoms with Gasteiger partial charge in [0.2, 0.25) is 0 Å². The quantitative estimate of drug-likeness (QED) is 0.112. The van der Waals surface area contributed by atoms with Crippen molar-refractivity contribution in [3.8, 4) is 11.5 Å². The van der Waals surface area contributed by atoms with E-state index >= 15 is 0 Å². The molecule has 0 amide bonds. The number of benzene rings is 1. The van der Waals surface area contributed by atoms with Gasteiger partial charge >= 0.3 is 6.16 Å². The van der Waals surface area contributed by atoms with E-state index in [1.807, 2.05) is 0 Å². The maximum atomic E-state index is 11.1. The summed E-state index contributed by atoms with van der Waals surface area (Å²) in [7, 11) is 0. The third-order valence-corrected chi connectivity index (χ3v) is 7.94. The number of carbonyl (C=O) groups is 1. The number of hydrogen-bond donors (Lipinski definition) is 2. The number of aromatic hydroxyl groups is 1. The number of hydrogen-bond acceptors (Lipinski definition) is 3. The van der Waals surface area contributed by atoms with Gasteiger partial charge in [-0.25, -0.2) is 4.79 Å². The Labute approximate surface area is 205 Å². The monoisotopic (exact) mass is 562 g/mol. The largest absolute Gasteiger partial charge is 0.511 e. The lowest BCUT2D eigenvalue weighted by Gasteiger charge is -2.18. The fourth-order valence-corrected chi connectivity index (χ4v) is 5.10. The van der Waals surface area contributed by atoms with Gasteiger partial charge in [0.1, 0.15) is 0 Å². The number of unbranched alkanes of at least 4 members (excludes halogenated alkanes) is 12. The Morgan fingerprint density at radius 1 is 0.710 bits per heavy atom. The number of carboxylic acid groups (broad SMARTS) is 1. The van der Waals surface area contributed by atoms with E-state index in [9.17, 15) is 9.90 Å². The van der Waals surface area contributed by atoms with E-state index in [2.05, 4.69) is 45.7 Å². The van der Waals surface area contributed by atoms with Crippen molar-refractivity contribution in [3.05, 3.63) is 20.1 Å². The summed E-state index contributed by atoms with van der Waals surface area (Å²) < 4.78 is 6.16. The van der Waals surface area contributed by atoms with Crippen molar-refractivity contribution in [2.24, 2.45) is 0 Å². The Bertz CT molecular complexity index is 662. The molecule has 0 bridgehead atoms. The fraction of sp³-hybridized carbons (Fsp3) is 0.720. The third-order valence-electron chi connectivity index (χ3n) is 5.77. The summed E-state index contributed by atoms with van der Waals surface area (Å²) in [6.45, 7) is 4.45. The van der Waals surface area contributed by atoms with Gasteiger partial charge in [0, 0.05) is 10.0 Å². The van der Waals surface area contributed by atoms with Crippen molar-refractivity contribution in [3.63, 3.8) is 0 Å². The number of phenolic OH excluding ortho intramolecular Hbond substituents is 1. The Hall–Kier alpha value is -0.750. The zero-order valence-electron chi connectivity index (χ0n) is 19.3. The molecule has 31 heavy (non-hydrogen) atoms. The lowest BCUT2D eigenvalue weighted by Crippen LogP contribution is -2.07. The van der Waals surface area contributed by atoms with Crippen LogP contribution in [0.3, 0.4) is 0 Å². The molecule has 0 aliphatic rings. The van der Waals surface area contributed by atoms with Crippen LogP contribution in [-0.2, 0) is 12.8 Å². The summed E-state index contributed by atoms with van der Waals surface area (Å²) in [6, 6.07) is 0. The number of ether oxygens (including phenoxy) is 1. The minimum Gasteiger partial charge on any atom is -0.504 e.